The van der Waals surface area contributed by atoms with Crippen molar-refractivity contribution in [2.24, 2.45) is 0 Å². The standard InChI is InChI=1S/C21H21N7O3/c1-15(20-23-18(24-31-20)16-7-3-2-4-8-16)25-11-13-26(14-12-25)19-21(28(29)30)27-10-6-5-9-17(27)22-19/h2-10,15H,11-14H2,1H3. The summed E-state index contributed by atoms with van der Waals surface area (Å²) in [6, 6.07) is 15.0. The van der Waals surface area contributed by atoms with E-state index in [1.807, 2.05) is 48.2 Å². The summed E-state index contributed by atoms with van der Waals surface area (Å²) in [5, 5.41) is 15.8. The van der Waals surface area contributed by atoms with Gasteiger partial charge in [-0.05, 0) is 17.9 Å². The summed E-state index contributed by atoms with van der Waals surface area (Å²) >= 11 is 0. The van der Waals surface area contributed by atoms with E-state index in [-0.39, 0.29) is 16.8 Å². The van der Waals surface area contributed by atoms with Gasteiger partial charge in [-0.25, -0.2) is 0 Å². The summed E-state index contributed by atoms with van der Waals surface area (Å²) in [4.78, 5) is 24.6. The van der Waals surface area contributed by atoms with Crippen molar-refractivity contribution in [2.45, 2.75) is 13.0 Å². The van der Waals surface area contributed by atoms with Crippen molar-refractivity contribution in [1.82, 2.24) is 24.4 Å². The molecule has 1 aromatic carbocycles. The summed E-state index contributed by atoms with van der Waals surface area (Å²) in [6.07, 6.45) is 1.67. The number of rotatable bonds is 5. The van der Waals surface area contributed by atoms with Crippen molar-refractivity contribution in [3.63, 3.8) is 0 Å². The first-order chi connectivity index (χ1) is 15.1. The Morgan fingerprint density at radius 2 is 1.77 bits per heavy atom. The Bertz CT molecular complexity index is 1210. The maximum absolute atomic E-state index is 11.7. The van der Waals surface area contributed by atoms with Crippen molar-refractivity contribution in [3.05, 3.63) is 70.7 Å². The second kappa shape index (κ2) is 7.80. The monoisotopic (exact) mass is 419 g/mol. The van der Waals surface area contributed by atoms with Gasteiger partial charge in [0.05, 0.1) is 12.2 Å². The number of nitro groups is 1. The molecule has 10 nitrogen and oxygen atoms in total. The number of pyridine rings is 1. The number of anilines is 1. The summed E-state index contributed by atoms with van der Waals surface area (Å²) in [5.74, 6) is 1.54. The molecule has 1 fully saturated rings. The lowest BCUT2D eigenvalue weighted by molar-refractivity contribution is -0.389. The minimum Gasteiger partial charge on any atom is -0.358 e. The number of piperazine rings is 1. The van der Waals surface area contributed by atoms with Crippen LogP contribution in [0.15, 0.2) is 59.3 Å². The summed E-state index contributed by atoms with van der Waals surface area (Å²) in [5.41, 5.74) is 1.48. The molecule has 0 saturated carbocycles. The lowest BCUT2D eigenvalue weighted by Crippen LogP contribution is -2.47. The van der Waals surface area contributed by atoms with E-state index in [1.54, 1.807) is 18.3 Å². The van der Waals surface area contributed by atoms with Gasteiger partial charge in [-0.2, -0.15) is 14.4 Å². The summed E-state index contributed by atoms with van der Waals surface area (Å²) < 4.78 is 7.04. The molecule has 1 unspecified atom stereocenters. The molecule has 4 heterocycles. The van der Waals surface area contributed by atoms with Gasteiger partial charge in [-0.1, -0.05) is 41.6 Å². The van der Waals surface area contributed by atoms with Crippen LogP contribution in [0.5, 0.6) is 0 Å². The van der Waals surface area contributed by atoms with Gasteiger partial charge in [0, 0.05) is 37.8 Å². The van der Waals surface area contributed by atoms with E-state index < -0.39 is 0 Å². The molecule has 5 rings (SSSR count). The molecule has 0 N–H and O–H groups in total. The molecule has 31 heavy (non-hydrogen) atoms. The highest BCUT2D eigenvalue weighted by Gasteiger charge is 2.31. The number of imidazole rings is 1. The van der Waals surface area contributed by atoms with E-state index >= 15 is 0 Å². The molecule has 158 valence electrons. The second-order valence-electron chi connectivity index (χ2n) is 7.47. The maximum Gasteiger partial charge on any atom is 0.372 e. The average molecular weight is 419 g/mol. The fourth-order valence-electron chi connectivity index (χ4n) is 3.94. The molecule has 0 amide bonds. The number of fused-ring (bicyclic) bond motifs is 1. The molecule has 1 aliphatic rings. The van der Waals surface area contributed by atoms with Crippen molar-refractivity contribution in [2.75, 3.05) is 31.1 Å². The van der Waals surface area contributed by atoms with Crippen LogP contribution in [0, 0.1) is 10.1 Å². The zero-order valence-corrected chi connectivity index (χ0v) is 17.0. The fourth-order valence-corrected chi connectivity index (χ4v) is 3.94. The Labute approximate surface area is 177 Å². The van der Waals surface area contributed by atoms with Crippen molar-refractivity contribution in [3.8, 4) is 11.4 Å². The SMILES string of the molecule is CC(c1nc(-c2ccccc2)no1)N1CCN(c2nc3ccccn3c2[N+](=O)[O-])CC1. The van der Waals surface area contributed by atoms with Gasteiger partial charge in [0.15, 0.2) is 0 Å². The Kier molecular flexibility index (Phi) is 4.83. The number of nitrogens with zero attached hydrogens (tertiary/aromatic N) is 7. The molecule has 1 aliphatic heterocycles. The van der Waals surface area contributed by atoms with Gasteiger partial charge in [0.1, 0.15) is 0 Å². The molecule has 0 bridgehead atoms. The van der Waals surface area contributed by atoms with Crippen LogP contribution in [-0.4, -0.2) is 55.5 Å². The largest absolute Gasteiger partial charge is 0.372 e. The van der Waals surface area contributed by atoms with Crippen molar-refractivity contribution < 1.29 is 9.45 Å². The van der Waals surface area contributed by atoms with Gasteiger partial charge < -0.3 is 19.5 Å². The molecule has 0 radical (unpaired) electrons. The summed E-state index contributed by atoms with van der Waals surface area (Å²) in [6.45, 7) is 4.68. The highest BCUT2D eigenvalue weighted by atomic mass is 16.6. The zero-order valence-electron chi connectivity index (χ0n) is 17.0. The van der Waals surface area contributed by atoms with Crippen LogP contribution >= 0.6 is 0 Å². The third kappa shape index (κ3) is 3.50. The van der Waals surface area contributed by atoms with Crippen LogP contribution in [0.1, 0.15) is 18.9 Å². The van der Waals surface area contributed by atoms with Crippen molar-refractivity contribution in [1.29, 1.82) is 0 Å². The number of benzene rings is 1. The van der Waals surface area contributed by atoms with Crippen LogP contribution in [0.2, 0.25) is 0 Å². The van der Waals surface area contributed by atoms with E-state index in [1.165, 1.54) is 4.40 Å². The van der Waals surface area contributed by atoms with Crippen molar-refractivity contribution >= 4 is 17.3 Å². The van der Waals surface area contributed by atoms with Gasteiger partial charge in [-0.15, -0.1) is 0 Å². The molecule has 1 saturated heterocycles. The van der Waals surface area contributed by atoms with Gasteiger partial charge >= 0.3 is 5.82 Å². The quantitative estimate of drug-likeness (QED) is 0.359. The lowest BCUT2D eigenvalue weighted by Gasteiger charge is -2.36. The average Bonchev–Trinajstić information content (AvgIpc) is 3.45. The van der Waals surface area contributed by atoms with E-state index in [9.17, 15) is 10.1 Å². The minimum atomic E-state index is -0.367. The van der Waals surface area contributed by atoms with Crippen LogP contribution in [0.3, 0.4) is 0 Å². The van der Waals surface area contributed by atoms with E-state index in [0.29, 0.717) is 49.4 Å². The first-order valence-corrected chi connectivity index (χ1v) is 10.1. The first kappa shape index (κ1) is 19.2. The molecular weight excluding hydrogens is 398 g/mol. The van der Waals surface area contributed by atoms with E-state index in [2.05, 4.69) is 20.0 Å². The maximum atomic E-state index is 11.7. The first-order valence-electron chi connectivity index (χ1n) is 10.1. The molecule has 4 aromatic rings. The number of hydrogen-bond donors (Lipinski definition) is 0. The Morgan fingerprint density at radius 3 is 2.52 bits per heavy atom. The normalized spacial score (nSPS) is 16.0. The van der Waals surface area contributed by atoms with E-state index in [4.69, 9.17) is 4.52 Å². The molecule has 0 spiro atoms. The Balaban J connectivity index is 1.31. The number of hydrogen-bond acceptors (Lipinski definition) is 8. The lowest BCUT2D eigenvalue weighted by atomic mass is 10.2. The highest BCUT2D eigenvalue weighted by molar-refractivity contribution is 5.63. The van der Waals surface area contributed by atoms with Crippen LogP contribution in [0.4, 0.5) is 11.6 Å². The third-order valence-corrected chi connectivity index (χ3v) is 5.65. The van der Waals surface area contributed by atoms with Crippen LogP contribution < -0.4 is 4.90 Å². The summed E-state index contributed by atoms with van der Waals surface area (Å²) in [7, 11) is 0. The molecule has 0 aliphatic carbocycles. The van der Waals surface area contributed by atoms with Gasteiger partial charge in [0.25, 0.3) is 0 Å². The number of aromatic nitrogens is 4. The molecule has 1 atom stereocenters. The molecule has 3 aromatic heterocycles. The molecule has 10 heteroatoms. The smallest absolute Gasteiger partial charge is 0.358 e. The minimum absolute atomic E-state index is 0.00139. The van der Waals surface area contributed by atoms with E-state index in [0.717, 1.165) is 5.56 Å². The third-order valence-electron chi connectivity index (χ3n) is 5.65. The van der Waals surface area contributed by atoms with Crippen LogP contribution in [-0.2, 0) is 0 Å². The fraction of sp³-hybridized carbons (Fsp3) is 0.286. The molecular formula is C21H21N7O3. The van der Waals surface area contributed by atoms with Gasteiger partial charge in [-0.3, -0.25) is 4.90 Å². The highest BCUT2D eigenvalue weighted by Crippen LogP contribution is 2.31. The Hall–Kier alpha value is -3.79. The second-order valence-corrected chi connectivity index (χ2v) is 7.47. The zero-order chi connectivity index (χ0) is 21.4. The van der Waals surface area contributed by atoms with Crippen LogP contribution in [0.25, 0.3) is 17.0 Å². The Morgan fingerprint density at radius 1 is 1.03 bits per heavy atom. The van der Waals surface area contributed by atoms with Gasteiger partial charge in [0.2, 0.25) is 23.2 Å². The predicted octanol–water partition coefficient (Wildman–Crippen LogP) is 3.18. The topological polar surface area (TPSA) is 106 Å². The predicted molar refractivity (Wildman–Crippen MR) is 114 cm³/mol.